The molecule has 0 atom stereocenters. The first-order chi connectivity index (χ1) is 9.17. The van der Waals surface area contributed by atoms with Crippen molar-refractivity contribution in [2.24, 2.45) is 0 Å². The van der Waals surface area contributed by atoms with Gasteiger partial charge in [-0.2, -0.15) is 0 Å². The van der Waals surface area contributed by atoms with Crippen molar-refractivity contribution in [3.8, 4) is 5.75 Å². The third kappa shape index (κ3) is 4.22. The van der Waals surface area contributed by atoms with E-state index in [0.717, 1.165) is 31.0 Å². The second kappa shape index (κ2) is 6.54. The third-order valence-electron chi connectivity index (χ3n) is 2.93. The van der Waals surface area contributed by atoms with E-state index < -0.39 is 0 Å². The smallest absolute Gasteiger partial charge is 0.180 e. The van der Waals surface area contributed by atoms with Gasteiger partial charge in [0, 0.05) is 24.9 Å². The van der Waals surface area contributed by atoms with Gasteiger partial charge < -0.3 is 15.4 Å². The first-order valence-corrected chi connectivity index (χ1v) is 7.06. The van der Waals surface area contributed by atoms with Gasteiger partial charge >= 0.3 is 0 Å². The number of anilines is 1. The highest BCUT2D eigenvalue weighted by molar-refractivity contribution is 7.13. The maximum atomic E-state index is 5.62. The average molecular weight is 277 g/mol. The van der Waals surface area contributed by atoms with E-state index in [-0.39, 0.29) is 0 Å². The van der Waals surface area contributed by atoms with Gasteiger partial charge in [-0.25, -0.2) is 4.98 Å². The number of thiazole rings is 1. The van der Waals surface area contributed by atoms with E-state index >= 15 is 0 Å². The van der Waals surface area contributed by atoms with E-state index in [1.807, 2.05) is 17.5 Å². The number of rotatable bonds is 6. The zero-order valence-electron chi connectivity index (χ0n) is 11.3. The molecule has 0 aliphatic heterocycles. The molecule has 2 rings (SSSR count). The molecule has 0 unspecified atom stereocenters. The van der Waals surface area contributed by atoms with Gasteiger partial charge in [-0.1, -0.05) is 12.1 Å². The molecule has 2 aromatic rings. The minimum atomic E-state index is 0.646. The van der Waals surface area contributed by atoms with Crippen LogP contribution in [0.4, 0.5) is 5.13 Å². The fourth-order valence-electron chi connectivity index (χ4n) is 1.86. The lowest BCUT2D eigenvalue weighted by molar-refractivity contribution is 0.330. The van der Waals surface area contributed by atoms with Crippen LogP contribution in [0.1, 0.15) is 11.3 Å². The summed E-state index contributed by atoms with van der Waals surface area (Å²) in [7, 11) is 3.79. The van der Waals surface area contributed by atoms with Crippen molar-refractivity contribution < 1.29 is 4.74 Å². The molecule has 0 bridgehead atoms. The zero-order valence-corrected chi connectivity index (χ0v) is 12.1. The van der Waals surface area contributed by atoms with Crippen molar-refractivity contribution in [1.29, 1.82) is 0 Å². The molecule has 0 aliphatic rings. The number of nitrogens with zero attached hydrogens (tertiary/aromatic N) is 2. The summed E-state index contributed by atoms with van der Waals surface area (Å²) in [5.74, 6) is 0.893. The van der Waals surface area contributed by atoms with E-state index in [2.05, 4.69) is 29.1 Å². The Hall–Kier alpha value is -1.59. The van der Waals surface area contributed by atoms with Crippen LogP contribution in [0.25, 0.3) is 0 Å². The van der Waals surface area contributed by atoms with Crippen molar-refractivity contribution in [3.05, 3.63) is 40.9 Å². The number of hydrogen-bond donors (Lipinski definition) is 1. The molecule has 2 N–H and O–H groups in total. The highest BCUT2D eigenvalue weighted by Crippen LogP contribution is 2.14. The Morgan fingerprint density at radius 2 is 2.05 bits per heavy atom. The number of methoxy groups -OCH3 is 1. The maximum Gasteiger partial charge on any atom is 0.180 e. The standard InChI is InChI=1S/C14H19N3OS/c1-17(8-7-12-10-19-14(15)16-12)9-11-3-5-13(18-2)6-4-11/h3-6,10H,7-9H2,1-2H3,(H2,15,16). The van der Waals surface area contributed by atoms with Gasteiger partial charge in [0.1, 0.15) is 5.75 Å². The lowest BCUT2D eigenvalue weighted by atomic mass is 10.2. The quantitative estimate of drug-likeness (QED) is 0.881. The Labute approximate surface area is 117 Å². The van der Waals surface area contributed by atoms with Crippen LogP contribution in [0.15, 0.2) is 29.6 Å². The second-order valence-electron chi connectivity index (χ2n) is 4.51. The molecule has 1 heterocycles. The Morgan fingerprint density at radius 3 is 2.63 bits per heavy atom. The van der Waals surface area contributed by atoms with E-state index in [0.29, 0.717) is 5.13 Å². The maximum absolute atomic E-state index is 5.62. The Bertz CT molecular complexity index is 510. The van der Waals surface area contributed by atoms with Gasteiger partial charge in [0.25, 0.3) is 0 Å². The lowest BCUT2D eigenvalue weighted by Crippen LogP contribution is -2.20. The van der Waals surface area contributed by atoms with Gasteiger partial charge in [0.15, 0.2) is 5.13 Å². The first-order valence-electron chi connectivity index (χ1n) is 6.18. The number of likely N-dealkylation sites (N-methyl/N-ethyl adjacent to an activating group) is 1. The zero-order chi connectivity index (χ0) is 13.7. The number of aromatic nitrogens is 1. The highest BCUT2D eigenvalue weighted by atomic mass is 32.1. The van der Waals surface area contributed by atoms with Gasteiger partial charge in [-0.3, -0.25) is 0 Å². The monoisotopic (exact) mass is 277 g/mol. The van der Waals surface area contributed by atoms with Crippen LogP contribution in [-0.2, 0) is 13.0 Å². The fourth-order valence-corrected chi connectivity index (χ4v) is 2.46. The SMILES string of the molecule is COc1ccc(CN(C)CCc2csc(N)n2)cc1. The molecule has 0 aliphatic carbocycles. The average Bonchev–Trinajstić information content (AvgIpc) is 2.83. The van der Waals surface area contributed by atoms with Crippen LogP contribution in [-0.4, -0.2) is 30.6 Å². The Balaban J connectivity index is 1.81. The normalized spacial score (nSPS) is 10.9. The number of nitrogen functional groups attached to an aromatic ring is 1. The third-order valence-corrected chi connectivity index (χ3v) is 3.65. The van der Waals surface area contributed by atoms with Gasteiger partial charge in [0.05, 0.1) is 12.8 Å². The molecule has 1 aromatic heterocycles. The topological polar surface area (TPSA) is 51.4 Å². The van der Waals surface area contributed by atoms with Crippen LogP contribution < -0.4 is 10.5 Å². The number of hydrogen-bond acceptors (Lipinski definition) is 5. The molecule has 0 fully saturated rings. The minimum absolute atomic E-state index is 0.646. The van der Waals surface area contributed by atoms with Gasteiger partial charge in [0.2, 0.25) is 0 Å². The molecule has 102 valence electrons. The molecule has 1 aromatic carbocycles. The molecule has 19 heavy (non-hydrogen) atoms. The predicted octanol–water partition coefficient (Wildman–Crippen LogP) is 2.41. The summed E-state index contributed by atoms with van der Waals surface area (Å²) in [6.45, 7) is 1.89. The number of ether oxygens (including phenoxy) is 1. The van der Waals surface area contributed by atoms with Crippen molar-refractivity contribution >= 4 is 16.5 Å². The summed E-state index contributed by atoms with van der Waals surface area (Å²) in [5, 5.41) is 2.67. The number of nitrogens with two attached hydrogens (primary N) is 1. The largest absolute Gasteiger partial charge is 0.497 e. The van der Waals surface area contributed by atoms with Crippen molar-refractivity contribution in [2.45, 2.75) is 13.0 Å². The highest BCUT2D eigenvalue weighted by Gasteiger charge is 2.04. The van der Waals surface area contributed by atoms with Crippen LogP contribution in [0.3, 0.4) is 0 Å². The summed E-state index contributed by atoms with van der Waals surface area (Å²) in [6.07, 6.45) is 0.931. The Morgan fingerprint density at radius 1 is 1.32 bits per heavy atom. The molecule has 0 saturated carbocycles. The molecule has 5 heteroatoms. The van der Waals surface area contributed by atoms with E-state index in [1.165, 1.54) is 16.9 Å². The van der Waals surface area contributed by atoms with E-state index in [9.17, 15) is 0 Å². The molecule has 4 nitrogen and oxygen atoms in total. The van der Waals surface area contributed by atoms with Crippen LogP contribution in [0, 0.1) is 0 Å². The predicted molar refractivity (Wildman–Crippen MR) is 79.6 cm³/mol. The van der Waals surface area contributed by atoms with E-state index in [1.54, 1.807) is 7.11 Å². The van der Waals surface area contributed by atoms with Crippen LogP contribution in [0.2, 0.25) is 0 Å². The summed E-state index contributed by atoms with van der Waals surface area (Å²) >= 11 is 1.50. The minimum Gasteiger partial charge on any atom is -0.497 e. The summed E-state index contributed by atoms with van der Waals surface area (Å²) in [5.41, 5.74) is 7.97. The van der Waals surface area contributed by atoms with Gasteiger partial charge in [-0.05, 0) is 24.7 Å². The first kappa shape index (κ1) is 13.8. The van der Waals surface area contributed by atoms with E-state index in [4.69, 9.17) is 10.5 Å². The van der Waals surface area contributed by atoms with Crippen molar-refractivity contribution in [2.75, 3.05) is 26.4 Å². The molecular formula is C14H19N3OS. The van der Waals surface area contributed by atoms with Crippen molar-refractivity contribution in [3.63, 3.8) is 0 Å². The summed E-state index contributed by atoms with van der Waals surface area (Å²) in [4.78, 5) is 6.54. The summed E-state index contributed by atoms with van der Waals surface area (Å²) < 4.78 is 5.15. The fraction of sp³-hybridized carbons (Fsp3) is 0.357. The summed E-state index contributed by atoms with van der Waals surface area (Å²) in [6, 6.07) is 8.17. The molecule has 0 radical (unpaired) electrons. The molecular weight excluding hydrogens is 258 g/mol. The Kier molecular flexibility index (Phi) is 4.76. The van der Waals surface area contributed by atoms with Crippen LogP contribution >= 0.6 is 11.3 Å². The number of benzene rings is 1. The van der Waals surface area contributed by atoms with Crippen molar-refractivity contribution in [1.82, 2.24) is 9.88 Å². The van der Waals surface area contributed by atoms with Crippen LogP contribution in [0.5, 0.6) is 5.75 Å². The second-order valence-corrected chi connectivity index (χ2v) is 5.40. The molecule has 0 saturated heterocycles. The molecule has 0 amide bonds. The van der Waals surface area contributed by atoms with Gasteiger partial charge in [-0.15, -0.1) is 11.3 Å². The lowest BCUT2D eigenvalue weighted by Gasteiger charge is -2.16. The molecule has 0 spiro atoms.